The number of carbonyl (C=O) groups is 1. The smallest absolute Gasteiger partial charge is 0.416 e. The van der Waals surface area contributed by atoms with Crippen molar-refractivity contribution in [3.05, 3.63) is 69.5 Å². The number of cyclic esters (lactones) is 1. The van der Waals surface area contributed by atoms with Crippen molar-refractivity contribution in [3.63, 3.8) is 0 Å². The van der Waals surface area contributed by atoms with Crippen LogP contribution < -0.4 is 4.90 Å². The van der Waals surface area contributed by atoms with Crippen molar-refractivity contribution < 1.29 is 35.9 Å². The number of alkyl halides is 6. The van der Waals surface area contributed by atoms with Crippen LogP contribution in [0, 0.1) is 0 Å². The number of thiophene rings is 1. The first-order valence-corrected chi connectivity index (χ1v) is 14.9. The van der Waals surface area contributed by atoms with Gasteiger partial charge in [0.15, 0.2) is 0 Å². The number of benzene rings is 1. The van der Waals surface area contributed by atoms with E-state index in [1.54, 1.807) is 13.1 Å². The van der Waals surface area contributed by atoms with Crippen molar-refractivity contribution in [2.75, 3.05) is 11.4 Å². The molecule has 1 aromatic carbocycles. The van der Waals surface area contributed by atoms with Crippen molar-refractivity contribution in [1.82, 2.24) is 9.88 Å². The highest BCUT2D eigenvalue weighted by Crippen LogP contribution is 2.42. The Balaban J connectivity index is 1.50. The Morgan fingerprint density at radius 2 is 1.67 bits per heavy atom. The highest BCUT2D eigenvalue weighted by Gasteiger charge is 2.43. The van der Waals surface area contributed by atoms with Crippen molar-refractivity contribution in [2.24, 2.45) is 0 Å². The molecule has 2 fully saturated rings. The molecule has 2 aliphatic rings. The van der Waals surface area contributed by atoms with Gasteiger partial charge in [0.1, 0.15) is 11.9 Å². The van der Waals surface area contributed by atoms with Gasteiger partial charge in [0, 0.05) is 29.9 Å². The first-order valence-electron chi connectivity index (χ1n) is 13.9. The van der Waals surface area contributed by atoms with Crippen LogP contribution >= 0.6 is 11.3 Å². The number of amides is 1. The molecule has 1 saturated carbocycles. The Morgan fingerprint density at radius 1 is 1.00 bits per heavy atom. The van der Waals surface area contributed by atoms with Crippen LogP contribution in [0.15, 0.2) is 47.3 Å². The van der Waals surface area contributed by atoms with E-state index >= 15 is 0 Å². The summed E-state index contributed by atoms with van der Waals surface area (Å²) in [6, 6.07) is 4.67. The molecule has 12 heteroatoms. The topological polar surface area (TPSA) is 45.7 Å². The summed E-state index contributed by atoms with van der Waals surface area (Å²) in [4.78, 5) is 21.5. The van der Waals surface area contributed by atoms with Gasteiger partial charge >= 0.3 is 18.4 Å². The van der Waals surface area contributed by atoms with Crippen molar-refractivity contribution in [2.45, 2.75) is 83.0 Å². The number of carbonyl (C=O) groups excluding carboxylic acids is 1. The zero-order valence-electron chi connectivity index (χ0n) is 23.1. The van der Waals surface area contributed by atoms with Crippen molar-refractivity contribution >= 4 is 23.2 Å². The number of hydrogen-bond acceptors (Lipinski definition) is 5. The standard InChI is InChI=1S/C30H31F6N3O2S/c1-3-38(25-7-5-4-6-8-25)27-22(11-21(15-37-27)19-9-10-42-17-19)16-39-18(2)26(41-28(39)40)20-12-23(29(31,32)33)14-24(13-20)30(34,35)36/h9-15,17-18,25-26H,3-8,16H2,1-2H3/t18-,26?/m0/s1. The predicted molar refractivity (Wildman–Crippen MR) is 148 cm³/mol. The highest BCUT2D eigenvalue weighted by atomic mass is 32.1. The van der Waals surface area contributed by atoms with Crippen LogP contribution in [0.3, 0.4) is 0 Å². The molecule has 1 aliphatic carbocycles. The zero-order chi connectivity index (χ0) is 30.2. The number of rotatable bonds is 7. The second kappa shape index (κ2) is 11.8. The minimum atomic E-state index is -5.01. The third-order valence-electron chi connectivity index (χ3n) is 8.10. The summed E-state index contributed by atoms with van der Waals surface area (Å²) in [5, 5.41) is 3.92. The van der Waals surface area contributed by atoms with Gasteiger partial charge in [0.05, 0.1) is 23.7 Å². The van der Waals surface area contributed by atoms with Gasteiger partial charge in [-0.2, -0.15) is 37.7 Å². The largest absolute Gasteiger partial charge is 0.439 e. The molecular weight excluding hydrogens is 580 g/mol. The molecule has 1 unspecified atom stereocenters. The van der Waals surface area contributed by atoms with Crippen LogP contribution in [0.4, 0.5) is 37.0 Å². The minimum absolute atomic E-state index is 0.0329. The van der Waals surface area contributed by atoms with Crippen molar-refractivity contribution in [1.29, 1.82) is 0 Å². The third-order valence-corrected chi connectivity index (χ3v) is 8.78. The summed E-state index contributed by atoms with van der Waals surface area (Å²) in [5.41, 5.74) is -0.720. The lowest BCUT2D eigenvalue weighted by molar-refractivity contribution is -0.143. The second-order valence-electron chi connectivity index (χ2n) is 10.8. The van der Waals surface area contributed by atoms with Gasteiger partial charge in [-0.15, -0.1) is 0 Å². The molecule has 0 radical (unpaired) electrons. The second-order valence-corrected chi connectivity index (χ2v) is 11.6. The number of anilines is 1. The Labute approximate surface area is 244 Å². The van der Waals surface area contributed by atoms with Gasteiger partial charge in [-0.3, -0.25) is 4.90 Å². The molecule has 5 nitrogen and oxygen atoms in total. The number of halogens is 6. The molecule has 0 N–H and O–H groups in total. The molecule has 1 aliphatic heterocycles. The lowest BCUT2D eigenvalue weighted by atomic mass is 9.93. The SMILES string of the molecule is CCN(c1ncc(-c2ccsc2)cc1CN1C(=O)OC(c2cc(C(F)(F)F)cc(C(F)(F)F)c2)[C@@H]1C)C1CCCCC1. The first kappa shape index (κ1) is 30.2. The maximum Gasteiger partial charge on any atom is 0.416 e. The number of ether oxygens (including phenoxy) is 1. The molecule has 1 saturated heterocycles. The quantitative estimate of drug-likeness (QED) is 0.250. The summed E-state index contributed by atoms with van der Waals surface area (Å²) in [7, 11) is 0. The van der Waals surface area contributed by atoms with E-state index in [1.807, 2.05) is 29.8 Å². The van der Waals surface area contributed by atoms with Crippen LogP contribution in [-0.2, 0) is 23.6 Å². The number of pyridine rings is 1. The Hall–Kier alpha value is -3.28. The number of hydrogen-bond donors (Lipinski definition) is 0. The van der Waals surface area contributed by atoms with Crippen LogP contribution in [0.1, 0.15) is 74.3 Å². The van der Waals surface area contributed by atoms with Crippen LogP contribution in [0.2, 0.25) is 0 Å². The average molecular weight is 612 g/mol. The van der Waals surface area contributed by atoms with Gasteiger partial charge < -0.3 is 9.64 Å². The van der Waals surface area contributed by atoms with E-state index in [0.29, 0.717) is 24.5 Å². The molecule has 2 aromatic heterocycles. The maximum atomic E-state index is 13.5. The van der Waals surface area contributed by atoms with E-state index in [4.69, 9.17) is 9.72 Å². The van der Waals surface area contributed by atoms with E-state index in [9.17, 15) is 31.1 Å². The number of aromatic nitrogens is 1. The normalized spacial score (nSPS) is 20.2. The number of nitrogens with zero attached hydrogens (tertiary/aromatic N) is 3. The minimum Gasteiger partial charge on any atom is -0.439 e. The van der Waals surface area contributed by atoms with E-state index in [1.165, 1.54) is 22.7 Å². The fraction of sp³-hybridized carbons (Fsp3) is 0.467. The molecule has 5 rings (SSSR count). The van der Waals surface area contributed by atoms with Gasteiger partial charge in [-0.1, -0.05) is 19.3 Å². The lowest BCUT2D eigenvalue weighted by Crippen LogP contribution is -2.39. The van der Waals surface area contributed by atoms with Gasteiger partial charge in [0.25, 0.3) is 0 Å². The summed E-state index contributed by atoms with van der Waals surface area (Å²) in [5.74, 6) is 0.713. The van der Waals surface area contributed by atoms with Crippen LogP contribution in [-0.4, -0.2) is 34.6 Å². The Morgan fingerprint density at radius 3 is 2.24 bits per heavy atom. The summed E-state index contributed by atoms with van der Waals surface area (Å²) >= 11 is 1.53. The maximum absolute atomic E-state index is 13.5. The molecule has 0 bridgehead atoms. The van der Waals surface area contributed by atoms with E-state index in [2.05, 4.69) is 4.90 Å². The van der Waals surface area contributed by atoms with Gasteiger partial charge in [-0.05, 0) is 78.9 Å². The summed E-state index contributed by atoms with van der Waals surface area (Å²) < 4.78 is 86.6. The summed E-state index contributed by atoms with van der Waals surface area (Å²) in [6.45, 7) is 4.33. The molecule has 3 heterocycles. The molecule has 0 spiro atoms. The van der Waals surface area contributed by atoms with E-state index < -0.39 is 41.7 Å². The monoisotopic (exact) mass is 611 g/mol. The molecule has 42 heavy (non-hydrogen) atoms. The summed E-state index contributed by atoms with van der Waals surface area (Å²) in [6.07, 6.45) is -4.93. The van der Waals surface area contributed by atoms with Crippen LogP contribution in [0.25, 0.3) is 11.1 Å². The molecule has 226 valence electrons. The van der Waals surface area contributed by atoms with E-state index in [-0.39, 0.29) is 24.2 Å². The molecule has 2 atom stereocenters. The Bertz CT molecular complexity index is 1370. The van der Waals surface area contributed by atoms with Crippen molar-refractivity contribution in [3.8, 4) is 11.1 Å². The van der Waals surface area contributed by atoms with Gasteiger partial charge in [-0.25, -0.2) is 9.78 Å². The molecule has 3 aromatic rings. The fourth-order valence-corrected chi connectivity index (χ4v) is 6.59. The van der Waals surface area contributed by atoms with Crippen LogP contribution in [0.5, 0.6) is 0 Å². The fourth-order valence-electron chi connectivity index (χ4n) is 5.92. The third kappa shape index (κ3) is 6.23. The van der Waals surface area contributed by atoms with E-state index in [0.717, 1.165) is 42.4 Å². The lowest BCUT2D eigenvalue weighted by Gasteiger charge is -2.36. The average Bonchev–Trinajstić information content (AvgIpc) is 3.58. The molecular formula is C30H31F6N3O2S. The highest BCUT2D eigenvalue weighted by molar-refractivity contribution is 7.08. The predicted octanol–water partition coefficient (Wildman–Crippen LogP) is 9.09. The zero-order valence-corrected chi connectivity index (χ0v) is 24.0. The Kier molecular flexibility index (Phi) is 8.46. The van der Waals surface area contributed by atoms with Gasteiger partial charge in [0.2, 0.25) is 0 Å². The molecule has 1 amide bonds. The first-order chi connectivity index (χ1) is 19.9.